The number of rotatable bonds is 9. The Morgan fingerprint density at radius 1 is 1.25 bits per heavy atom. The molecular weight excluding hydrogens is 279 g/mol. The van der Waals surface area contributed by atoms with Gasteiger partial charge in [-0.25, -0.2) is 17.1 Å². The van der Waals surface area contributed by atoms with Crippen LogP contribution in [0.5, 0.6) is 0 Å². The minimum absolute atomic E-state index is 0.0716. The van der Waals surface area contributed by atoms with E-state index in [1.165, 1.54) is 17.4 Å². The van der Waals surface area contributed by atoms with E-state index in [-0.39, 0.29) is 18.1 Å². The fourth-order valence-corrected chi connectivity index (χ4v) is 3.05. The summed E-state index contributed by atoms with van der Waals surface area (Å²) in [6.07, 6.45) is 1.43. The topological polar surface area (TPSA) is 49.4 Å². The molecule has 1 rings (SSSR count). The first kappa shape index (κ1) is 17.1. The third kappa shape index (κ3) is 5.56. The van der Waals surface area contributed by atoms with Gasteiger partial charge in [-0.2, -0.15) is 0 Å². The SMILES string of the molecule is CCNCCCCS(=O)(=O)N(C)Cc1ccccc1F. The van der Waals surface area contributed by atoms with Gasteiger partial charge in [-0.3, -0.25) is 0 Å². The molecule has 0 amide bonds. The zero-order valence-electron chi connectivity index (χ0n) is 12.1. The van der Waals surface area contributed by atoms with E-state index in [1.54, 1.807) is 18.2 Å². The number of hydrogen-bond acceptors (Lipinski definition) is 3. The Morgan fingerprint density at radius 2 is 1.95 bits per heavy atom. The van der Waals surface area contributed by atoms with Gasteiger partial charge in [0.2, 0.25) is 10.0 Å². The van der Waals surface area contributed by atoms with E-state index >= 15 is 0 Å². The molecule has 6 heteroatoms. The summed E-state index contributed by atoms with van der Waals surface area (Å²) in [7, 11) is -1.83. The molecule has 0 aromatic heterocycles. The van der Waals surface area contributed by atoms with Crippen LogP contribution >= 0.6 is 0 Å². The lowest BCUT2D eigenvalue weighted by Crippen LogP contribution is -2.29. The fourth-order valence-electron chi connectivity index (χ4n) is 1.83. The van der Waals surface area contributed by atoms with Crippen LogP contribution in [0.15, 0.2) is 24.3 Å². The molecule has 0 unspecified atom stereocenters. The van der Waals surface area contributed by atoms with Gasteiger partial charge >= 0.3 is 0 Å². The lowest BCUT2D eigenvalue weighted by Gasteiger charge is -2.17. The predicted octanol–water partition coefficient (Wildman–Crippen LogP) is 1.98. The number of sulfonamides is 1. The molecule has 0 fully saturated rings. The van der Waals surface area contributed by atoms with E-state index < -0.39 is 10.0 Å². The van der Waals surface area contributed by atoms with Gasteiger partial charge in [0, 0.05) is 19.2 Å². The van der Waals surface area contributed by atoms with Gasteiger partial charge in [0.1, 0.15) is 5.82 Å². The van der Waals surface area contributed by atoms with Crippen molar-refractivity contribution in [2.45, 2.75) is 26.3 Å². The van der Waals surface area contributed by atoms with Crippen molar-refractivity contribution >= 4 is 10.0 Å². The van der Waals surface area contributed by atoms with Crippen molar-refractivity contribution in [2.24, 2.45) is 0 Å². The van der Waals surface area contributed by atoms with Crippen LogP contribution in [-0.2, 0) is 16.6 Å². The van der Waals surface area contributed by atoms with Gasteiger partial charge < -0.3 is 5.32 Å². The lowest BCUT2D eigenvalue weighted by molar-refractivity contribution is 0.454. The van der Waals surface area contributed by atoms with Crippen molar-refractivity contribution in [3.8, 4) is 0 Å². The Labute approximate surface area is 121 Å². The lowest BCUT2D eigenvalue weighted by atomic mass is 10.2. The van der Waals surface area contributed by atoms with Crippen LogP contribution in [0.2, 0.25) is 0 Å². The molecule has 114 valence electrons. The molecule has 0 aliphatic rings. The molecule has 0 saturated heterocycles. The average Bonchev–Trinajstić information content (AvgIpc) is 2.41. The maximum absolute atomic E-state index is 13.5. The van der Waals surface area contributed by atoms with E-state index in [4.69, 9.17) is 0 Å². The first-order valence-corrected chi connectivity index (χ1v) is 8.46. The summed E-state index contributed by atoms with van der Waals surface area (Å²) in [5.41, 5.74) is 0.395. The summed E-state index contributed by atoms with van der Waals surface area (Å²) in [5.74, 6) is -0.273. The molecule has 0 bridgehead atoms. The molecule has 0 heterocycles. The Bertz CT molecular complexity index is 506. The van der Waals surface area contributed by atoms with E-state index in [9.17, 15) is 12.8 Å². The van der Waals surface area contributed by atoms with Crippen LogP contribution in [0, 0.1) is 5.82 Å². The second-order valence-corrected chi connectivity index (χ2v) is 6.92. The summed E-state index contributed by atoms with van der Waals surface area (Å²) in [6, 6.07) is 6.24. The maximum Gasteiger partial charge on any atom is 0.214 e. The molecule has 0 saturated carbocycles. The zero-order valence-corrected chi connectivity index (χ0v) is 12.9. The first-order chi connectivity index (χ1) is 9.47. The van der Waals surface area contributed by atoms with Gasteiger partial charge in [-0.05, 0) is 32.0 Å². The number of unbranched alkanes of at least 4 members (excludes halogenated alkanes) is 1. The summed E-state index contributed by atoms with van der Waals surface area (Å²) in [5, 5.41) is 3.15. The third-order valence-electron chi connectivity index (χ3n) is 3.08. The van der Waals surface area contributed by atoms with E-state index in [0.29, 0.717) is 12.0 Å². The minimum Gasteiger partial charge on any atom is -0.317 e. The molecule has 0 radical (unpaired) electrons. The van der Waals surface area contributed by atoms with Crippen LogP contribution in [0.1, 0.15) is 25.3 Å². The highest BCUT2D eigenvalue weighted by atomic mass is 32.2. The van der Waals surface area contributed by atoms with Crippen LogP contribution in [0.4, 0.5) is 4.39 Å². The predicted molar refractivity (Wildman–Crippen MR) is 79.4 cm³/mol. The van der Waals surface area contributed by atoms with Gasteiger partial charge in [0.25, 0.3) is 0 Å². The van der Waals surface area contributed by atoms with Gasteiger partial charge in [0.15, 0.2) is 0 Å². The van der Waals surface area contributed by atoms with Crippen LogP contribution in [0.3, 0.4) is 0 Å². The molecule has 0 aliphatic carbocycles. The second-order valence-electron chi connectivity index (χ2n) is 4.72. The summed E-state index contributed by atoms with van der Waals surface area (Å²) in [6.45, 7) is 3.80. The molecule has 1 aromatic carbocycles. The summed E-state index contributed by atoms with van der Waals surface area (Å²) >= 11 is 0. The molecule has 20 heavy (non-hydrogen) atoms. The van der Waals surface area contributed by atoms with Crippen molar-refractivity contribution in [1.82, 2.24) is 9.62 Å². The minimum atomic E-state index is -3.32. The largest absolute Gasteiger partial charge is 0.317 e. The van der Waals surface area contributed by atoms with Crippen molar-refractivity contribution in [3.63, 3.8) is 0 Å². The van der Waals surface area contributed by atoms with E-state index in [2.05, 4.69) is 5.32 Å². The Balaban J connectivity index is 2.48. The molecule has 4 nitrogen and oxygen atoms in total. The molecule has 0 aliphatic heterocycles. The van der Waals surface area contributed by atoms with Crippen molar-refractivity contribution in [2.75, 3.05) is 25.9 Å². The number of benzene rings is 1. The van der Waals surface area contributed by atoms with Gasteiger partial charge in [-0.15, -0.1) is 0 Å². The molecule has 1 N–H and O–H groups in total. The van der Waals surface area contributed by atoms with E-state index in [0.717, 1.165) is 19.5 Å². The monoisotopic (exact) mass is 302 g/mol. The number of hydrogen-bond donors (Lipinski definition) is 1. The number of nitrogens with one attached hydrogen (secondary N) is 1. The highest BCUT2D eigenvalue weighted by Crippen LogP contribution is 2.12. The highest BCUT2D eigenvalue weighted by molar-refractivity contribution is 7.89. The smallest absolute Gasteiger partial charge is 0.214 e. The highest BCUT2D eigenvalue weighted by Gasteiger charge is 2.18. The number of halogens is 1. The Morgan fingerprint density at radius 3 is 2.60 bits per heavy atom. The summed E-state index contributed by atoms with van der Waals surface area (Å²) in [4.78, 5) is 0. The maximum atomic E-state index is 13.5. The second kappa shape index (κ2) is 8.34. The molecular formula is C14H23FN2O2S. The average molecular weight is 302 g/mol. The zero-order chi connectivity index (χ0) is 15.0. The number of nitrogens with zero attached hydrogens (tertiary/aromatic N) is 1. The fraction of sp³-hybridized carbons (Fsp3) is 0.571. The van der Waals surface area contributed by atoms with Crippen molar-refractivity contribution < 1.29 is 12.8 Å². The van der Waals surface area contributed by atoms with Crippen LogP contribution in [0.25, 0.3) is 0 Å². The molecule has 1 aromatic rings. The van der Waals surface area contributed by atoms with E-state index in [1.807, 2.05) is 6.92 Å². The summed E-state index contributed by atoms with van der Waals surface area (Å²) < 4.78 is 38.8. The van der Waals surface area contributed by atoms with Crippen LogP contribution < -0.4 is 5.32 Å². The Kier molecular flexibility index (Phi) is 7.12. The first-order valence-electron chi connectivity index (χ1n) is 6.85. The van der Waals surface area contributed by atoms with Crippen molar-refractivity contribution in [1.29, 1.82) is 0 Å². The van der Waals surface area contributed by atoms with Gasteiger partial charge in [0.05, 0.1) is 5.75 Å². The Hall–Kier alpha value is -0.980. The van der Waals surface area contributed by atoms with Crippen molar-refractivity contribution in [3.05, 3.63) is 35.6 Å². The van der Waals surface area contributed by atoms with Crippen LogP contribution in [-0.4, -0.2) is 38.6 Å². The normalized spacial score (nSPS) is 12.0. The third-order valence-corrected chi connectivity index (χ3v) is 4.96. The van der Waals surface area contributed by atoms with Gasteiger partial charge in [-0.1, -0.05) is 25.1 Å². The molecule has 0 atom stereocenters. The standard InChI is InChI=1S/C14H23FN2O2S/c1-3-16-10-6-7-11-20(18,19)17(2)12-13-8-4-5-9-14(13)15/h4-5,8-9,16H,3,6-7,10-12H2,1-2H3. The molecule has 0 spiro atoms. The quantitative estimate of drug-likeness (QED) is 0.710.